The van der Waals surface area contributed by atoms with Crippen molar-refractivity contribution in [2.24, 2.45) is 0 Å². The summed E-state index contributed by atoms with van der Waals surface area (Å²) in [7, 11) is 0. The number of aromatic nitrogens is 1. The second-order valence-corrected chi connectivity index (χ2v) is 3.92. The highest BCUT2D eigenvalue weighted by molar-refractivity contribution is 5.81. The molecule has 76 valence electrons. The number of carbonyl (C=O) groups is 1. The highest BCUT2D eigenvalue weighted by Gasteiger charge is 2.45. The summed E-state index contributed by atoms with van der Waals surface area (Å²) in [6, 6.07) is 1.74. The van der Waals surface area contributed by atoms with Gasteiger partial charge in [0.15, 0.2) is 0 Å². The molecule has 1 aliphatic rings. The number of carboxylic acids is 1. The maximum atomic E-state index is 11.3. The van der Waals surface area contributed by atoms with Crippen LogP contribution >= 0.6 is 0 Å². The van der Waals surface area contributed by atoms with Crippen molar-refractivity contribution in [1.82, 2.24) is 5.16 Å². The predicted molar refractivity (Wildman–Crippen MR) is 49.0 cm³/mol. The molecule has 14 heavy (non-hydrogen) atoms. The Morgan fingerprint density at radius 2 is 2.21 bits per heavy atom. The summed E-state index contributed by atoms with van der Waals surface area (Å²) in [5.74, 6) is -0.101. The van der Waals surface area contributed by atoms with Crippen molar-refractivity contribution in [3.05, 3.63) is 17.5 Å². The van der Waals surface area contributed by atoms with E-state index in [9.17, 15) is 9.90 Å². The van der Waals surface area contributed by atoms with Gasteiger partial charge >= 0.3 is 5.97 Å². The van der Waals surface area contributed by atoms with Crippen LogP contribution in [0.1, 0.15) is 37.1 Å². The van der Waals surface area contributed by atoms with Crippen LogP contribution in [0.5, 0.6) is 0 Å². The van der Waals surface area contributed by atoms with E-state index in [-0.39, 0.29) is 0 Å². The first-order valence-corrected chi connectivity index (χ1v) is 4.82. The number of hydrogen-bond acceptors (Lipinski definition) is 3. The van der Waals surface area contributed by atoms with E-state index in [1.165, 1.54) is 0 Å². The standard InChI is InChI=1S/C10H13NO3/c1-7-6-8(11-14-7)10(9(12)13)4-2-3-5-10/h6H,2-5H2,1H3,(H,12,13). The Hall–Kier alpha value is -1.32. The van der Waals surface area contributed by atoms with E-state index in [2.05, 4.69) is 5.16 Å². The molecule has 0 saturated heterocycles. The Bertz CT molecular complexity index is 350. The van der Waals surface area contributed by atoms with Gasteiger partial charge in [0.2, 0.25) is 0 Å². The summed E-state index contributed by atoms with van der Waals surface area (Å²) in [5, 5.41) is 13.1. The van der Waals surface area contributed by atoms with E-state index in [0.717, 1.165) is 12.8 Å². The van der Waals surface area contributed by atoms with Gasteiger partial charge in [0.05, 0.1) is 0 Å². The van der Waals surface area contributed by atoms with Crippen LogP contribution in [0, 0.1) is 6.92 Å². The monoisotopic (exact) mass is 195 g/mol. The van der Waals surface area contributed by atoms with Crippen LogP contribution in [-0.2, 0) is 10.2 Å². The van der Waals surface area contributed by atoms with Gasteiger partial charge in [-0.3, -0.25) is 4.79 Å². The van der Waals surface area contributed by atoms with Gasteiger partial charge in [-0.05, 0) is 19.8 Å². The largest absolute Gasteiger partial charge is 0.481 e. The number of nitrogens with zero attached hydrogens (tertiary/aromatic N) is 1. The summed E-state index contributed by atoms with van der Waals surface area (Å²) in [6.45, 7) is 1.78. The van der Waals surface area contributed by atoms with Crippen molar-refractivity contribution >= 4 is 5.97 Å². The van der Waals surface area contributed by atoms with E-state index in [4.69, 9.17) is 4.52 Å². The van der Waals surface area contributed by atoms with Crippen molar-refractivity contribution in [1.29, 1.82) is 0 Å². The average Bonchev–Trinajstić information content (AvgIpc) is 2.71. The number of rotatable bonds is 2. The first-order valence-electron chi connectivity index (χ1n) is 4.82. The van der Waals surface area contributed by atoms with Crippen LogP contribution in [0.25, 0.3) is 0 Å². The van der Waals surface area contributed by atoms with Crippen molar-refractivity contribution in [3.63, 3.8) is 0 Å². The topological polar surface area (TPSA) is 63.3 Å². The lowest BCUT2D eigenvalue weighted by molar-refractivity contribution is -0.143. The highest BCUT2D eigenvalue weighted by Crippen LogP contribution is 2.40. The molecule has 0 radical (unpaired) electrons. The molecule has 0 amide bonds. The van der Waals surface area contributed by atoms with Crippen molar-refractivity contribution < 1.29 is 14.4 Å². The van der Waals surface area contributed by atoms with Crippen molar-refractivity contribution in [2.45, 2.75) is 38.0 Å². The minimum absolute atomic E-state index is 0.583. The minimum atomic E-state index is -0.780. The Morgan fingerprint density at radius 1 is 1.57 bits per heavy atom. The molecule has 0 aromatic carbocycles. The summed E-state index contributed by atoms with van der Waals surface area (Å²) in [4.78, 5) is 11.3. The lowest BCUT2D eigenvalue weighted by Crippen LogP contribution is -2.32. The lowest BCUT2D eigenvalue weighted by Gasteiger charge is -2.19. The van der Waals surface area contributed by atoms with E-state index in [1.807, 2.05) is 0 Å². The molecule has 1 N–H and O–H groups in total. The zero-order valence-electron chi connectivity index (χ0n) is 8.12. The molecule has 4 heteroatoms. The molecule has 1 heterocycles. The van der Waals surface area contributed by atoms with Crippen LogP contribution in [0.2, 0.25) is 0 Å². The minimum Gasteiger partial charge on any atom is -0.481 e. The molecule has 2 rings (SSSR count). The Kier molecular flexibility index (Phi) is 2.06. The predicted octanol–water partition coefficient (Wildman–Crippen LogP) is 1.88. The van der Waals surface area contributed by atoms with Gasteiger partial charge in [-0.2, -0.15) is 0 Å². The van der Waals surface area contributed by atoms with Crippen LogP contribution in [0.3, 0.4) is 0 Å². The summed E-state index contributed by atoms with van der Waals surface area (Å²) < 4.78 is 4.94. The molecule has 4 nitrogen and oxygen atoms in total. The average molecular weight is 195 g/mol. The van der Waals surface area contributed by atoms with E-state index < -0.39 is 11.4 Å². The van der Waals surface area contributed by atoms with Gasteiger partial charge in [0, 0.05) is 6.07 Å². The van der Waals surface area contributed by atoms with Gasteiger partial charge < -0.3 is 9.63 Å². The van der Waals surface area contributed by atoms with Crippen LogP contribution in [0.15, 0.2) is 10.6 Å². The molecule has 1 aromatic heterocycles. The van der Waals surface area contributed by atoms with Crippen molar-refractivity contribution in [3.8, 4) is 0 Å². The molecule has 0 unspecified atom stereocenters. The maximum absolute atomic E-state index is 11.3. The molecule has 0 atom stereocenters. The van der Waals surface area contributed by atoms with Gasteiger partial charge in [-0.25, -0.2) is 0 Å². The molecule has 0 spiro atoms. The summed E-state index contributed by atoms with van der Waals surface area (Å²) >= 11 is 0. The van der Waals surface area contributed by atoms with E-state index in [0.29, 0.717) is 24.3 Å². The fourth-order valence-electron chi connectivity index (χ4n) is 2.15. The van der Waals surface area contributed by atoms with Crippen LogP contribution < -0.4 is 0 Å². The fraction of sp³-hybridized carbons (Fsp3) is 0.600. The SMILES string of the molecule is Cc1cc(C2(C(=O)O)CCCC2)no1. The normalized spacial score (nSPS) is 19.8. The fourth-order valence-corrected chi connectivity index (χ4v) is 2.15. The third-order valence-corrected chi connectivity index (χ3v) is 2.98. The molecule has 1 aromatic rings. The van der Waals surface area contributed by atoms with Gasteiger partial charge in [0.25, 0.3) is 0 Å². The quantitative estimate of drug-likeness (QED) is 0.782. The molecule has 1 fully saturated rings. The van der Waals surface area contributed by atoms with Gasteiger partial charge in [0.1, 0.15) is 16.9 Å². The number of carboxylic acid groups (broad SMARTS) is 1. The first kappa shape index (κ1) is 9.24. The molecular formula is C10H13NO3. The molecule has 1 saturated carbocycles. The summed E-state index contributed by atoms with van der Waals surface area (Å²) in [6.07, 6.45) is 3.26. The van der Waals surface area contributed by atoms with E-state index >= 15 is 0 Å². The smallest absolute Gasteiger partial charge is 0.315 e. The third kappa shape index (κ3) is 1.22. The first-order chi connectivity index (χ1) is 6.65. The van der Waals surface area contributed by atoms with Gasteiger partial charge in [-0.15, -0.1) is 0 Å². The Morgan fingerprint density at radius 3 is 2.64 bits per heavy atom. The molecule has 0 aliphatic heterocycles. The second kappa shape index (κ2) is 3.12. The molecular weight excluding hydrogens is 182 g/mol. The highest BCUT2D eigenvalue weighted by atomic mass is 16.5. The van der Waals surface area contributed by atoms with Crippen LogP contribution in [-0.4, -0.2) is 16.2 Å². The van der Waals surface area contributed by atoms with Crippen molar-refractivity contribution in [2.75, 3.05) is 0 Å². The maximum Gasteiger partial charge on any atom is 0.315 e. The second-order valence-electron chi connectivity index (χ2n) is 3.92. The lowest BCUT2D eigenvalue weighted by atomic mass is 9.83. The molecule has 0 bridgehead atoms. The number of aliphatic carboxylic acids is 1. The number of hydrogen-bond donors (Lipinski definition) is 1. The van der Waals surface area contributed by atoms with Gasteiger partial charge in [-0.1, -0.05) is 18.0 Å². The zero-order valence-corrected chi connectivity index (χ0v) is 8.12. The summed E-state index contributed by atoms with van der Waals surface area (Å²) in [5.41, 5.74) is -0.197. The number of aryl methyl sites for hydroxylation is 1. The molecule has 1 aliphatic carbocycles. The third-order valence-electron chi connectivity index (χ3n) is 2.98. The van der Waals surface area contributed by atoms with Crippen LogP contribution in [0.4, 0.5) is 0 Å². The Balaban J connectivity index is 2.41. The zero-order chi connectivity index (χ0) is 10.2. The van der Waals surface area contributed by atoms with E-state index in [1.54, 1.807) is 13.0 Å². The Labute approximate surface area is 81.9 Å².